The number of nitrogens with one attached hydrogen (secondary N) is 1. The highest BCUT2D eigenvalue weighted by Crippen LogP contribution is 2.47. The predicted octanol–water partition coefficient (Wildman–Crippen LogP) is 0.655. The van der Waals surface area contributed by atoms with Crippen LogP contribution in [0, 0.1) is 5.41 Å². The minimum Gasteiger partial charge on any atom is -0.409 e. The van der Waals surface area contributed by atoms with Crippen molar-refractivity contribution in [1.82, 2.24) is 5.32 Å². The Morgan fingerprint density at radius 2 is 2.12 bits per heavy atom. The van der Waals surface area contributed by atoms with Gasteiger partial charge in [-0.15, -0.1) is 0 Å². The van der Waals surface area contributed by atoms with E-state index in [2.05, 4.69) is 10.5 Å². The Bertz CT molecular complexity index is 227. The zero-order valence-corrected chi connectivity index (χ0v) is 9.78. The molecule has 5 heteroatoms. The van der Waals surface area contributed by atoms with E-state index < -0.39 is 0 Å². The van der Waals surface area contributed by atoms with Gasteiger partial charge in [0, 0.05) is 19.6 Å². The lowest BCUT2D eigenvalue weighted by Gasteiger charge is -2.14. The summed E-state index contributed by atoms with van der Waals surface area (Å²) in [7, 11) is 0. The number of nitrogens with two attached hydrogens (primary N) is 1. The monoisotopic (exact) mass is 229 g/mol. The molecule has 5 nitrogen and oxygen atoms in total. The molecule has 1 aliphatic rings. The second-order valence-electron chi connectivity index (χ2n) is 4.70. The lowest BCUT2D eigenvalue weighted by atomic mass is 10.0. The largest absolute Gasteiger partial charge is 0.409 e. The first-order chi connectivity index (χ1) is 7.72. The molecule has 1 aliphatic carbocycles. The highest BCUT2D eigenvalue weighted by Gasteiger charge is 2.40. The van der Waals surface area contributed by atoms with Gasteiger partial charge in [0.05, 0.1) is 0 Å². The van der Waals surface area contributed by atoms with Gasteiger partial charge >= 0.3 is 0 Å². The van der Waals surface area contributed by atoms with Crippen molar-refractivity contribution in [1.29, 1.82) is 0 Å². The Labute approximate surface area is 96.7 Å². The van der Waals surface area contributed by atoms with Crippen LogP contribution < -0.4 is 11.1 Å². The van der Waals surface area contributed by atoms with Gasteiger partial charge in [0.2, 0.25) is 0 Å². The third kappa shape index (κ3) is 4.81. The normalized spacial score (nSPS) is 18.7. The van der Waals surface area contributed by atoms with E-state index in [1.807, 2.05) is 0 Å². The Hall–Kier alpha value is -0.810. The number of rotatable bonds is 9. The molecule has 16 heavy (non-hydrogen) atoms. The molecule has 0 aromatic heterocycles. The van der Waals surface area contributed by atoms with Gasteiger partial charge in [0.15, 0.2) is 0 Å². The summed E-state index contributed by atoms with van der Waals surface area (Å²) in [6.07, 6.45) is 6.03. The first-order valence-electron chi connectivity index (χ1n) is 6.00. The fourth-order valence-corrected chi connectivity index (χ4v) is 1.89. The number of aliphatic hydroxyl groups excluding tert-OH is 1. The molecule has 0 amide bonds. The number of aliphatic hydroxyl groups is 1. The summed E-state index contributed by atoms with van der Waals surface area (Å²) in [5, 5.41) is 23.6. The van der Waals surface area contributed by atoms with Gasteiger partial charge in [-0.25, -0.2) is 0 Å². The minimum atomic E-state index is 0.297. The minimum absolute atomic E-state index is 0.297. The van der Waals surface area contributed by atoms with Crippen LogP contribution in [0.5, 0.6) is 0 Å². The van der Waals surface area contributed by atoms with Crippen molar-refractivity contribution in [3.8, 4) is 0 Å². The fraction of sp³-hybridized carbons (Fsp3) is 0.909. The fourth-order valence-electron chi connectivity index (χ4n) is 1.89. The molecule has 0 atom stereocenters. The predicted molar refractivity (Wildman–Crippen MR) is 63.5 cm³/mol. The van der Waals surface area contributed by atoms with Crippen molar-refractivity contribution in [3.63, 3.8) is 0 Å². The molecule has 0 aromatic carbocycles. The lowest BCUT2D eigenvalue weighted by molar-refractivity contribution is 0.245. The lowest BCUT2D eigenvalue weighted by Crippen LogP contribution is -2.25. The van der Waals surface area contributed by atoms with E-state index in [0.717, 1.165) is 32.4 Å². The van der Waals surface area contributed by atoms with Gasteiger partial charge in [0.1, 0.15) is 5.84 Å². The van der Waals surface area contributed by atoms with Gasteiger partial charge in [-0.2, -0.15) is 0 Å². The number of amidine groups is 1. The SMILES string of the molecule is NC(CCCCNCC1(CCO)CC1)=NO. The number of oxime groups is 1. The summed E-state index contributed by atoms with van der Waals surface area (Å²) in [5.41, 5.74) is 5.75. The molecule has 5 N–H and O–H groups in total. The molecule has 0 saturated heterocycles. The maximum absolute atomic E-state index is 8.89. The first-order valence-corrected chi connectivity index (χ1v) is 6.00. The van der Waals surface area contributed by atoms with E-state index in [-0.39, 0.29) is 0 Å². The van der Waals surface area contributed by atoms with E-state index in [1.165, 1.54) is 12.8 Å². The van der Waals surface area contributed by atoms with Crippen molar-refractivity contribution in [2.75, 3.05) is 19.7 Å². The van der Waals surface area contributed by atoms with E-state index in [4.69, 9.17) is 16.0 Å². The summed E-state index contributed by atoms with van der Waals surface area (Å²) in [6.45, 7) is 2.27. The van der Waals surface area contributed by atoms with E-state index in [1.54, 1.807) is 0 Å². The molecule has 0 unspecified atom stereocenters. The van der Waals surface area contributed by atoms with Crippen LogP contribution in [0.4, 0.5) is 0 Å². The van der Waals surface area contributed by atoms with Crippen LogP contribution >= 0.6 is 0 Å². The summed E-state index contributed by atoms with van der Waals surface area (Å²) in [6, 6.07) is 0. The van der Waals surface area contributed by atoms with Crippen LogP contribution in [-0.4, -0.2) is 35.8 Å². The average Bonchev–Trinajstić information content (AvgIpc) is 3.03. The summed E-state index contributed by atoms with van der Waals surface area (Å²) in [4.78, 5) is 0. The van der Waals surface area contributed by atoms with Gasteiger partial charge in [-0.3, -0.25) is 0 Å². The number of hydrogen-bond acceptors (Lipinski definition) is 4. The van der Waals surface area contributed by atoms with Crippen molar-refractivity contribution >= 4 is 5.84 Å². The van der Waals surface area contributed by atoms with Gasteiger partial charge < -0.3 is 21.4 Å². The van der Waals surface area contributed by atoms with Crippen LogP contribution in [0.3, 0.4) is 0 Å². The quantitative estimate of drug-likeness (QED) is 0.154. The number of hydrogen-bond donors (Lipinski definition) is 4. The van der Waals surface area contributed by atoms with Crippen molar-refractivity contribution in [2.24, 2.45) is 16.3 Å². The molecule has 1 rings (SSSR count). The highest BCUT2D eigenvalue weighted by atomic mass is 16.4. The molecule has 94 valence electrons. The van der Waals surface area contributed by atoms with Crippen LogP contribution in [0.15, 0.2) is 5.16 Å². The van der Waals surface area contributed by atoms with Gasteiger partial charge in [-0.1, -0.05) is 5.16 Å². The maximum Gasteiger partial charge on any atom is 0.139 e. The Kier molecular flexibility index (Phi) is 5.55. The van der Waals surface area contributed by atoms with E-state index in [0.29, 0.717) is 24.3 Å². The zero-order valence-electron chi connectivity index (χ0n) is 9.78. The van der Waals surface area contributed by atoms with Gasteiger partial charge in [0.25, 0.3) is 0 Å². The molecular formula is C11H23N3O2. The van der Waals surface area contributed by atoms with E-state index >= 15 is 0 Å². The van der Waals surface area contributed by atoms with Crippen LogP contribution in [0.2, 0.25) is 0 Å². The summed E-state index contributed by atoms with van der Waals surface area (Å²) in [5.74, 6) is 0.305. The Morgan fingerprint density at radius 1 is 1.38 bits per heavy atom. The molecule has 1 fully saturated rings. The second-order valence-corrected chi connectivity index (χ2v) is 4.70. The Balaban J connectivity index is 1.92. The van der Waals surface area contributed by atoms with Crippen LogP contribution in [0.25, 0.3) is 0 Å². The van der Waals surface area contributed by atoms with Gasteiger partial charge in [-0.05, 0) is 44.1 Å². The molecule has 0 bridgehead atoms. The zero-order chi connectivity index (χ0) is 11.9. The standard InChI is InChI=1S/C11H23N3O2/c12-10(14-16)3-1-2-7-13-9-11(4-5-11)6-8-15/h13,15-16H,1-9H2,(H2,12,14). The molecule has 0 spiro atoms. The second kappa shape index (κ2) is 6.70. The summed E-state index contributed by atoms with van der Waals surface area (Å²) >= 11 is 0. The number of nitrogens with zero attached hydrogens (tertiary/aromatic N) is 1. The van der Waals surface area contributed by atoms with Crippen molar-refractivity contribution < 1.29 is 10.3 Å². The molecule has 1 saturated carbocycles. The Morgan fingerprint density at radius 3 is 2.69 bits per heavy atom. The van der Waals surface area contributed by atoms with E-state index in [9.17, 15) is 0 Å². The molecular weight excluding hydrogens is 206 g/mol. The summed E-state index contributed by atoms with van der Waals surface area (Å²) < 4.78 is 0. The smallest absolute Gasteiger partial charge is 0.139 e. The molecule has 0 radical (unpaired) electrons. The third-order valence-corrected chi connectivity index (χ3v) is 3.26. The molecule has 0 heterocycles. The van der Waals surface area contributed by atoms with Crippen molar-refractivity contribution in [3.05, 3.63) is 0 Å². The maximum atomic E-state index is 8.89. The highest BCUT2D eigenvalue weighted by molar-refractivity contribution is 5.79. The third-order valence-electron chi connectivity index (χ3n) is 3.26. The average molecular weight is 229 g/mol. The van der Waals surface area contributed by atoms with Crippen LogP contribution in [0.1, 0.15) is 38.5 Å². The molecule has 0 aliphatic heterocycles. The molecule has 0 aromatic rings. The van der Waals surface area contributed by atoms with Crippen molar-refractivity contribution in [2.45, 2.75) is 38.5 Å². The first kappa shape index (κ1) is 13.3. The number of unbranched alkanes of at least 4 members (excludes halogenated alkanes) is 1. The topological polar surface area (TPSA) is 90.9 Å². The van der Waals surface area contributed by atoms with Crippen LogP contribution in [-0.2, 0) is 0 Å².